The lowest BCUT2D eigenvalue weighted by Gasteiger charge is -2.02. The Morgan fingerprint density at radius 3 is 2.45 bits per heavy atom. The first-order chi connectivity index (χ1) is 9.51. The highest BCUT2D eigenvalue weighted by molar-refractivity contribution is 7.23. The van der Waals surface area contributed by atoms with Gasteiger partial charge in [0.05, 0.1) is 15.6 Å². The zero-order valence-electron chi connectivity index (χ0n) is 12.7. The molecule has 2 aromatic rings. The molecule has 0 unspecified atom stereocenters. The smallest absolute Gasteiger partial charge is 0.206 e. The lowest BCUT2D eigenvalue weighted by Crippen LogP contribution is -1.95. The minimum absolute atomic E-state index is 0.411. The van der Waals surface area contributed by atoms with Gasteiger partial charge in [0, 0.05) is 13.0 Å². The molecule has 2 rings (SSSR count). The Morgan fingerprint density at radius 1 is 1.10 bits per heavy atom. The van der Waals surface area contributed by atoms with Crippen LogP contribution in [0.3, 0.4) is 0 Å². The maximum Gasteiger partial charge on any atom is 0.206 e. The van der Waals surface area contributed by atoms with Gasteiger partial charge < -0.3 is 5.32 Å². The number of nitrogens with one attached hydrogen (secondary N) is 1. The van der Waals surface area contributed by atoms with Crippen molar-refractivity contribution in [3.8, 4) is 9.88 Å². The van der Waals surface area contributed by atoms with Crippen molar-refractivity contribution in [3.05, 3.63) is 10.7 Å². The molecule has 6 heteroatoms. The summed E-state index contributed by atoms with van der Waals surface area (Å²) in [5.74, 6) is 1.04. The van der Waals surface area contributed by atoms with Gasteiger partial charge in [-0.3, -0.25) is 0 Å². The van der Waals surface area contributed by atoms with Crippen LogP contribution < -0.4 is 5.32 Å². The quantitative estimate of drug-likeness (QED) is 0.858. The van der Waals surface area contributed by atoms with E-state index in [-0.39, 0.29) is 0 Å². The number of anilines is 1. The topological polar surface area (TPSA) is 50.7 Å². The van der Waals surface area contributed by atoms with Crippen molar-refractivity contribution in [3.63, 3.8) is 0 Å². The molecule has 0 spiro atoms. The summed E-state index contributed by atoms with van der Waals surface area (Å²) in [6.07, 6.45) is 1.03. The Bertz CT molecular complexity index is 557. The second-order valence-electron chi connectivity index (χ2n) is 5.52. The predicted molar refractivity (Wildman–Crippen MR) is 87.8 cm³/mol. The fourth-order valence-corrected chi connectivity index (χ4v) is 4.22. The van der Waals surface area contributed by atoms with E-state index in [1.165, 1.54) is 9.88 Å². The third-order valence-electron chi connectivity index (χ3n) is 2.77. The highest BCUT2D eigenvalue weighted by Gasteiger charge is 2.19. The van der Waals surface area contributed by atoms with Gasteiger partial charge in [0.1, 0.15) is 0 Å². The molecule has 0 fully saturated rings. The van der Waals surface area contributed by atoms with Crippen molar-refractivity contribution in [2.75, 3.05) is 11.9 Å². The first kappa shape index (κ1) is 15.4. The molecule has 0 aliphatic carbocycles. The normalized spacial score (nSPS) is 11.6. The summed E-state index contributed by atoms with van der Waals surface area (Å²) in [6, 6.07) is 0. The molecule has 2 heterocycles. The average Bonchev–Trinajstić information content (AvgIpc) is 2.95. The molecule has 1 N–H and O–H groups in total. The van der Waals surface area contributed by atoms with Gasteiger partial charge in [-0.05, 0) is 18.8 Å². The van der Waals surface area contributed by atoms with Gasteiger partial charge in [-0.25, -0.2) is 4.98 Å². The first-order valence-electron chi connectivity index (χ1n) is 7.08. The monoisotopic (exact) mass is 310 g/mol. The molecule has 0 aromatic carbocycles. The lowest BCUT2D eigenvalue weighted by atomic mass is 10.1. The van der Waals surface area contributed by atoms with Gasteiger partial charge in [-0.15, -0.1) is 21.5 Å². The van der Waals surface area contributed by atoms with Crippen molar-refractivity contribution in [1.82, 2.24) is 15.2 Å². The van der Waals surface area contributed by atoms with E-state index in [1.807, 2.05) is 0 Å². The summed E-state index contributed by atoms with van der Waals surface area (Å²) < 4.78 is 0. The number of rotatable bonds is 6. The second kappa shape index (κ2) is 6.63. The molecule has 0 radical (unpaired) electrons. The van der Waals surface area contributed by atoms with Crippen molar-refractivity contribution in [2.24, 2.45) is 5.92 Å². The summed E-state index contributed by atoms with van der Waals surface area (Å²) in [4.78, 5) is 6.01. The van der Waals surface area contributed by atoms with E-state index in [0.717, 1.165) is 28.8 Å². The Labute approximate surface area is 128 Å². The molecular formula is C14H22N4S2. The minimum atomic E-state index is 0.411. The summed E-state index contributed by atoms with van der Waals surface area (Å²) in [5.41, 5.74) is 1.16. The van der Waals surface area contributed by atoms with E-state index in [9.17, 15) is 0 Å². The highest BCUT2D eigenvalue weighted by atomic mass is 32.1. The lowest BCUT2D eigenvalue weighted by molar-refractivity contribution is 0.641. The van der Waals surface area contributed by atoms with E-state index in [2.05, 4.69) is 50.1 Å². The van der Waals surface area contributed by atoms with Crippen LogP contribution in [0.1, 0.15) is 51.2 Å². The molecule has 0 saturated carbocycles. The molecule has 2 aromatic heterocycles. The maximum atomic E-state index is 4.82. The Hall–Kier alpha value is -1.01. The SMILES string of the molecule is CCNc1nnc(-c2sc(CC(C)C)nc2C(C)C)s1. The molecule has 110 valence electrons. The largest absolute Gasteiger partial charge is 0.360 e. The van der Waals surface area contributed by atoms with E-state index < -0.39 is 0 Å². The molecule has 0 aliphatic rings. The first-order valence-corrected chi connectivity index (χ1v) is 8.71. The predicted octanol–water partition coefficient (Wildman–Crippen LogP) is 4.42. The number of thiazole rings is 1. The van der Waals surface area contributed by atoms with Gasteiger partial charge in [-0.1, -0.05) is 39.0 Å². The van der Waals surface area contributed by atoms with Gasteiger partial charge in [0.2, 0.25) is 5.13 Å². The number of nitrogens with zero attached hydrogens (tertiary/aromatic N) is 3. The van der Waals surface area contributed by atoms with E-state index in [4.69, 9.17) is 4.98 Å². The Balaban J connectivity index is 2.34. The van der Waals surface area contributed by atoms with Crippen molar-refractivity contribution in [1.29, 1.82) is 0 Å². The molecule has 0 atom stereocenters. The zero-order chi connectivity index (χ0) is 14.7. The van der Waals surface area contributed by atoms with Crippen LogP contribution in [0.25, 0.3) is 9.88 Å². The maximum absolute atomic E-state index is 4.82. The van der Waals surface area contributed by atoms with Gasteiger partial charge in [0.25, 0.3) is 0 Å². The van der Waals surface area contributed by atoms with E-state index in [0.29, 0.717) is 11.8 Å². The summed E-state index contributed by atoms with van der Waals surface area (Å²) in [6.45, 7) is 11.8. The standard InChI is InChI=1S/C14H22N4S2/c1-6-15-14-18-17-13(20-14)12-11(9(4)5)16-10(19-12)7-8(2)3/h8-9H,6-7H2,1-5H3,(H,15,18). The van der Waals surface area contributed by atoms with Gasteiger partial charge >= 0.3 is 0 Å². The molecular weight excluding hydrogens is 288 g/mol. The summed E-state index contributed by atoms with van der Waals surface area (Å²) in [7, 11) is 0. The van der Waals surface area contributed by atoms with Crippen molar-refractivity contribution < 1.29 is 0 Å². The molecule has 0 saturated heterocycles. The van der Waals surface area contributed by atoms with Crippen LogP contribution in [0.5, 0.6) is 0 Å². The molecule has 0 bridgehead atoms. The molecule has 0 aliphatic heterocycles. The van der Waals surface area contributed by atoms with Gasteiger partial charge in [-0.2, -0.15) is 0 Å². The fourth-order valence-electron chi connectivity index (χ4n) is 1.90. The fraction of sp³-hybridized carbons (Fsp3) is 0.643. The second-order valence-corrected chi connectivity index (χ2v) is 7.58. The number of aromatic nitrogens is 3. The number of hydrogen-bond acceptors (Lipinski definition) is 6. The van der Waals surface area contributed by atoms with Crippen LogP contribution in [-0.2, 0) is 6.42 Å². The van der Waals surface area contributed by atoms with Crippen LogP contribution in [-0.4, -0.2) is 21.7 Å². The van der Waals surface area contributed by atoms with Crippen LogP contribution in [0.2, 0.25) is 0 Å². The third-order valence-corrected chi connectivity index (χ3v) is 4.90. The third kappa shape index (κ3) is 3.55. The molecule has 0 amide bonds. The number of hydrogen-bond donors (Lipinski definition) is 1. The van der Waals surface area contributed by atoms with Gasteiger partial charge in [0.15, 0.2) is 5.01 Å². The van der Waals surface area contributed by atoms with Crippen LogP contribution in [0.4, 0.5) is 5.13 Å². The average molecular weight is 310 g/mol. The molecule has 4 nitrogen and oxygen atoms in total. The van der Waals surface area contributed by atoms with Crippen LogP contribution in [0.15, 0.2) is 0 Å². The Morgan fingerprint density at radius 2 is 1.85 bits per heavy atom. The molecule has 20 heavy (non-hydrogen) atoms. The van der Waals surface area contributed by atoms with Crippen LogP contribution >= 0.6 is 22.7 Å². The van der Waals surface area contributed by atoms with Crippen molar-refractivity contribution >= 4 is 27.8 Å². The van der Waals surface area contributed by atoms with Crippen molar-refractivity contribution in [2.45, 2.75) is 47.0 Å². The van der Waals surface area contributed by atoms with E-state index >= 15 is 0 Å². The van der Waals surface area contributed by atoms with E-state index in [1.54, 1.807) is 22.7 Å². The Kier molecular flexibility index (Phi) is 5.10. The minimum Gasteiger partial charge on any atom is -0.360 e. The van der Waals surface area contributed by atoms with Crippen LogP contribution in [0, 0.1) is 5.92 Å². The zero-order valence-corrected chi connectivity index (χ0v) is 14.4. The highest BCUT2D eigenvalue weighted by Crippen LogP contribution is 2.37. The summed E-state index contributed by atoms with van der Waals surface area (Å²) >= 11 is 3.38. The summed E-state index contributed by atoms with van der Waals surface area (Å²) in [5, 5.41) is 14.8.